The van der Waals surface area contributed by atoms with Crippen molar-refractivity contribution in [2.45, 2.75) is 6.18 Å². The zero-order chi connectivity index (χ0) is 15.6. The molecule has 0 aliphatic rings. The zero-order valence-electron chi connectivity index (χ0n) is 10.4. The van der Waals surface area contributed by atoms with Crippen LogP contribution in [-0.4, -0.2) is 55.7 Å². The molecule has 7 nitrogen and oxygen atoms in total. The Kier molecular flexibility index (Phi) is 3.78. The van der Waals surface area contributed by atoms with Crippen molar-refractivity contribution in [2.75, 3.05) is 13.1 Å². The Balaban J connectivity index is 2.35. The molecule has 0 bridgehead atoms. The Morgan fingerprint density at radius 1 is 1.33 bits per heavy atom. The van der Waals surface area contributed by atoms with Gasteiger partial charge in [0.2, 0.25) is 0 Å². The molecule has 2 rings (SSSR count). The van der Waals surface area contributed by atoms with E-state index >= 15 is 0 Å². The fourth-order valence-corrected chi connectivity index (χ4v) is 1.75. The normalized spacial score (nSPS) is 11.6. The lowest BCUT2D eigenvalue weighted by Gasteiger charge is -2.21. The quantitative estimate of drug-likeness (QED) is 0.903. The first kappa shape index (κ1) is 14.8. The van der Waals surface area contributed by atoms with Gasteiger partial charge in [0, 0.05) is 12.4 Å². The lowest BCUT2D eigenvalue weighted by atomic mass is 10.2. The summed E-state index contributed by atoms with van der Waals surface area (Å²) in [7, 11) is 0. The van der Waals surface area contributed by atoms with E-state index in [0.717, 1.165) is 6.20 Å². The summed E-state index contributed by atoms with van der Waals surface area (Å²) in [6, 6.07) is 0. The summed E-state index contributed by atoms with van der Waals surface area (Å²) >= 11 is 0. The highest BCUT2D eigenvalue weighted by atomic mass is 19.4. The van der Waals surface area contributed by atoms with Gasteiger partial charge in [-0.1, -0.05) is 0 Å². The average Bonchev–Trinajstić information content (AvgIpc) is 2.78. The molecule has 0 aromatic carbocycles. The van der Waals surface area contributed by atoms with Gasteiger partial charge in [-0.15, -0.1) is 0 Å². The van der Waals surface area contributed by atoms with Gasteiger partial charge in [0.1, 0.15) is 13.1 Å². The van der Waals surface area contributed by atoms with Crippen LogP contribution in [0.4, 0.5) is 13.2 Å². The summed E-state index contributed by atoms with van der Waals surface area (Å²) in [6.45, 7) is -2.72. The molecule has 0 aliphatic carbocycles. The van der Waals surface area contributed by atoms with E-state index in [1.54, 1.807) is 0 Å². The summed E-state index contributed by atoms with van der Waals surface area (Å²) in [5, 5.41) is 12.4. The number of carbonyl (C=O) groups is 2. The number of aromatic nitrogens is 3. The first-order valence-corrected chi connectivity index (χ1v) is 5.63. The van der Waals surface area contributed by atoms with E-state index in [0.29, 0.717) is 0 Å². The lowest BCUT2D eigenvalue weighted by molar-refractivity contribution is -0.149. The number of alkyl halides is 3. The Bertz CT molecular complexity index is 683. The molecule has 0 fully saturated rings. The van der Waals surface area contributed by atoms with Crippen molar-refractivity contribution in [2.24, 2.45) is 0 Å². The Morgan fingerprint density at radius 2 is 2.05 bits per heavy atom. The van der Waals surface area contributed by atoms with E-state index in [1.165, 1.54) is 23.1 Å². The fraction of sp³-hybridized carbons (Fsp3) is 0.273. The van der Waals surface area contributed by atoms with Crippen molar-refractivity contribution in [3.8, 4) is 0 Å². The third-order valence-electron chi connectivity index (χ3n) is 2.54. The first-order valence-electron chi connectivity index (χ1n) is 5.63. The monoisotopic (exact) mass is 302 g/mol. The second kappa shape index (κ2) is 5.38. The van der Waals surface area contributed by atoms with Crippen LogP contribution in [0.5, 0.6) is 0 Å². The van der Waals surface area contributed by atoms with Crippen molar-refractivity contribution in [1.29, 1.82) is 0 Å². The van der Waals surface area contributed by atoms with Crippen molar-refractivity contribution >= 4 is 17.4 Å². The zero-order valence-corrected chi connectivity index (χ0v) is 10.4. The number of carboxylic acids is 1. The van der Waals surface area contributed by atoms with E-state index < -0.39 is 31.1 Å². The minimum absolute atomic E-state index is 0.145. The molecule has 0 radical (unpaired) electrons. The van der Waals surface area contributed by atoms with Gasteiger partial charge in [-0.25, -0.2) is 4.52 Å². The van der Waals surface area contributed by atoms with Crippen LogP contribution in [0.15, 0.2) is 24.8 Å². The van der Waals surface area contributed by atoms with Gasteiger partial charge < -0.3 is 10.0 Å². The van der Waals surface area contributed by atoms with Crippen LogP contribution in [0.3, 0.4) is 0 Å². The number of hydrogen-bond acceptors (Lipinski definition) is 4. The van der Waals surface area contributed by atoms with Gasteiger partial charge in [-0.2, -0.15) is 18.3 Å². The van der Waals surface area contributed by atoms with Crippen molar-refractivity contribution in [3.63, 3.8) is 0 Å². The average molecular weight is 302 g/mol. The van der Waals surface area contributed by atoms with Crippen LogP contribution in [-0.2, 0) is 4.79 Å². The highest BCUT2D eigenvalue weighted by Crippen LogP contribution is 2.19. The molecule has 2 aromatic rings. The molecule has 0 saturated heterocycles. The largest absolute Gasteiger partial charge is 0.480 e. The highest BCUT2D eigenvalue weighted by molar-refractivity contribution is 6.01. The topological polar surface area (TPSA) is 87.8 Å². The molecule has 1 amide bonds. The van der Waals surface area contributed by atoms with Crippen molar-refractivity contribution < 1.29 is 27.9 Å². The number of amides is 1. The number of fused-ring (bicyclic) bond motifs is 1. The molecule has 2 aromatic heterocycles. The maximum absolute atomic E-state index is 12.5. The standard InChI is InChI=1S/C11H9F3N4O3/c12-11(13,14)6-17(5-9(19)20)10(21)7-3-16-18-2-1-15-4-8(7)18/h1-4H,5-6H2,(H,19,20). The molecular formula is C11H9F3N4O3. The smallest absolute Gasteiger partial charge is 0.406 e. The number of halogens is 3. The van der Waals surface area contributed by atoms with E-state index in [1.807, 2.05) is 0 Å². The molecule has 2 heterocycles. The van der Waals surface area contributed by atoms with Crippen LogP contribution in [0.2, 0.25) is 0 Å². The van der Waals surface area contributed by atoms with Crippen LogP contribution in [0.1, 0.15) is 10.4 Å². The number of aliphatic carboxylic acids is 1. The lowest BCUT2D eigenvalue weighted by Crippen LogP contribution is -2.42. The van der Waals surface area contributed by atoms with E-state index in [-0.39, 0.29) is 16.0 Å². The second-order valence-electron chi connectivity index (χ2n) is 4.13. The van der Waals surface area contributed by atoms with Crippen LogP contribution >= 0.6 is 0 Å². The van der Waals surface area contributed by atoms with Crippen LogP contribution in [0.25, 0.3) is 5.52 Å². The predicted octanol–water partition coefficient (Wildman–Crippen LogP) is 0.818. The summed E-state index contributed by atoms with van der Waals surface area (Å²) in [5.74, 6) is -2.61. The van der Waals surface area contributed by atoms with Crippen LogP contribution in [0, 0.1) is 0 Å². The van der Waals surface area contributed by atoms with Gasteiger partial charge in [-0.05, 0) is 0 Å². The van der Waals surface area contributed by atoms with E-state index in [9.17, 15) is 22.8 Å². The third-order valence-corrected chi connectivity index (χ3v) is 2.54. The molecule has 21 heavy (non-hydrogen) atoms. The SMILES string of the molecule is O=C(O)CN(CC(F)(F)F)C(=O)c1cnn2ccncc12. The molecule has 1 N–H and O–H groups in total. The summed E-state index contributed by atoms with van der Waals surface area (Å²) in [4.78, 5) is 26.7. The Morgan fingerprint density at radius 3 is 2.67 bits per heavy atom. The number of carboxylic acid groups (broad SMARTS) is 1. The van der Waals surface area contributed by atoms with E-state index in [4.69, 9.17) is 5.11 Å². The maximum Gasteiger partial charge on any atom is 0.406 e. The minimum Gasteiger partial charge on any atom is -0.480 e. The molecule has 0 spiro atoms. The second-order valence-corrected chi connectivity index (χ2v) is 4.13. The van der Waals surface area contributed by atoms with Gasteiger partial charge in [0.25, 0.3) is 5.91 Å². The molecule has 0 atom stereocenters. The van der Waals surface area contributed by atoms with Gasteiger partial charge in [-0.3, -0.25) is 14.6 Å². The Hall–Kier alpha value is -2.65. The number of carbonyl (C=O) groups excluding carboxylic acids is 1. The summed E-state index contributed by atoms with van der Waals surface area (Å²) in [6.07, 6.45) is 0.431. The number of nitrogens with zero attached hydrogens (tertiary/aromatic N) is 4. The third kappa shape index (κ3) is 3.46. The molecule has 0 unspecified atom stereocenters. The summed E-state index contributed by atoms with van der Waals surface area (Å²) in [5.41, 5.74) is 0.0497. The van der Waals surface area contributed by atoms with Crippen LogP contribution < -0.4 is 0 Å². The molecule has 10 heteroatoms. The number of hydrogen-bond donors (Lipinski definition) is 1. The first-order chi connectivity index (χ1) is 9.78. The van der Waals surface area contributed by atoms with Crippen molar-refractivity contribution in [3.05, 3.63) is 30.4 Å². The molecule has 112 valence electrons. The Labute approximate surface area is 115 Å². The highest BCUT2D eigenvalue weighted by Gasteiger charge is 2.35. The summed E-state index contributed by atoms with van der Waals surface area (Å²) < 4.78 is 38.6. The van der Waals surface area contributed by atoms with Gasteiger partial charge in [0.15, 0.2) is 0 Å². The molecule has 0 saturated carbocycles. The van der Waals surface area contributed by atoms with Gasteiger partial charge in [0.05, 0.1) is 23.5 Å². The number of rotatable bonds is 4. The van der Waals surface area contributed by atoms with Gasteiger partial charge >= 0.3 is 12.1 Å². The molecular weight excluding hydrogens is 293 g/mol. The van der Waals surface area contributed by atoms with Crippen molar-refractivity contribution in [1.82, 2.24) is 19.5 Å². The fourth-order valence-electron chi connectivity index (χ4n) is 1.75. The minimum atomic E-state index is -4.70. The maximum atomic E-state index is 12.5. The molecule has 0 aliphatic heterocycles. The van der Waals surface area contributed by atoms with E-state index in [2.05, 4.69) is 10.1 Å². The predicted molar refractivity (Wildman–Crippen MR) is 62.6 cm³/mol.